The third-order valence-corrected chi connectivity index (χ3v) is 3.77. The number of ether oxygens (including phenoxy) is 1. The highest BCUT2D eigenvalue weighted by Crippen LogP contribution is 2.32. The summed E-state index contributed by atoms with van der Waals surface area (Å²) >= 11 is 12.2. The zero-order valence-corrected chi connectivity index (χ0v) is 14.0. The molecule has 0 aliphatic rings. The van der Waals surface area contributed by atoms with Crippen LogP contribution in [0, 0.1) is 0 Å². The Morgan fingerprint density at radius 1 is 0.762 bits per heavy atom. The molecule has 3 heteroatoms. The molecule has 0 amide bonds. The van der Waals surface area contributed by atoms with Crippen LogP contribution in [0.1, 0.15) is 37.8 Å². The smallest absolute Gasteiger partial charge is 0.130 e. The molecule has 0 radical (unpaired) electrons. The summed E-state index contributed by atoms with van der Waals surface area (Å²) in [6.45, 7) is 4.30. The summed E-state index contributed by atoms with van der Waals surface area (Å²) in [5.74, 6) is 1.75. The van der Waals surface area contributed by atoms with Crippen molar-refractivity contribution in [3.05, 3.63) is 57.6 Å². The molecule has 2 rings (SSSR count). The van der Waals surface area contributed by atoms with Gasteiger partial charge in [0.25, 0.3) is 0 Å². The molecule has 0 heterocycles. The molecule has 0 spiro atoms. The molecule has 0 bridgehead atoms. The van der Waals surface area contributed by atoms with Crippen LogP contribution >= 0.6 is 23.2 Å². The summed E-state index contributed by atoms with van der Waals surface area (Å²) in [6, 6.07) is 11.6. The van der Waals surface area contributed by atoms with Gasteiger partial charge >= 0.3 is 0 Å². The molecule has 0 fully saturated rings. The molecule has 0 saturated heterocycles. The molecule has 0 aliphatic carbocycles. The van der Waals surface area contributed by atoms with Gasteiger partial charge < -0.3 is 4.74 Å². The highest BCUT2D eigenvalue weighted by molar-refractivity contribution is 6.31. The van der Waals surface area contributed by atoms with E-state index in [2.05, 4.69) is 13.8 Å². The quantitative estimate of drug-likeness (QED) is 0.575. The molecule has 2 aromatic carbocycles. The van der Waals surface area contributed by atoms with E-state index in [1.165, 1.54) is 0 Å². The maximum atomic E-state index is 6.14. The fourth-order valence-corrected chi connectivity index (χ4v) is 2.73. The van der Waals surface area contributed by atoms with Crippen LogP contribution in [-0.2, 0) is 12.8 Å². The van der Waals surface area contributed by atoms with E-state index in [-0.39, 0.29) is 0 Å². The van der Waals surface area contributed by atoms with Gasteiger partial charge in [0.1, 0.15) is 11.5 Å². The number of hydrogen-bond donors (Lipinski definition) is 0. The second-order valence-corrected chi connectivity index (χ2v) is 5.98. The van der Waals surface area contributed by atoms with Crippen LogP contribution in [0.2, 0.25) is 10.0 Å². The molecule has 1 nitrogen and oxygen atoms in total. The first-order chi connectivity index (χ1) is 10.1. The third-order valence-electron chi connectivity index (χ3n) is 3.30. The first kappa shape index (κ1) is 16.2. The standard InChI is InChI=1S/C18H20Cl2O/c1-3-5-13-11-15(19)7-9-17(13)21-18-10-8-16(20)12-14(18)6-4-2/h7-12H,3-6H2,1-2H3. The second kappa shape index (κ2) is 7.72. The molecule has 0 aliphatic heterocycles. The second-order valence-electron chi connectivity index (χ2n) is 5.11. The van der Waals surface area contributed by atoms with E-state index < -0.39 is 0 Å². The van der Waals surface area contributed by atoms with Crippen molar-refractivity contribution in [3.8, 4) is 11.5 Å². The van der Waals surface area contributed by atoms with Crippen molar-refractivity contribution < 1.29 is 4.74 Å². The van der Waals surface area contributed by atoms with Crippen molar-refractivity contribution in [1.29, 1.82) is 0 Å². The van der Waals surface area contributed by atoms with E-state index in [1.54, 1.807) is 0 Å². The van der Waals surface area contributed by atoms with Crippen molar-refractivity contribution in [1.82, 2.24) is 0 Å². The van der Waals surface area contributed by atoms with E-state index in [9.17, 15) is 0 Å². The van der Waals surface area contributed by atoms with Crippen molar-refractivity contribution >= 4 is 23.2 Å². The van der Waals surface area contributed by atoms with Gasteiger partial charge in [0, 0.05) is 10.0 Å². The maximum Gasteiger partial charge on any atom is 0.130 e. The Kier molecular flexibility index (Phi) is 5.96. The fourth-order valence-electron chi connectivity index (χ4n) is 2.34. The monoisotopic (exact) mass is 322 g/mol. The maximum absolute atomic E-state index is 6.14. The number of rotatable bonds is 6. The molecule has 0 atom stereocenters. The Bertz CT molecular complexity index is 555. The molecule has 0 aromatic heterocycles. The Hall–Kier alpha value is -1.18. The van der Waals surface area contributed by atoms with Gasteiger partial charge in [-0.2, -0.15) is 0 Å². The Balaban J connectivity index is 2.33. The number of benzene rings is 2. The summed E-state index contributed by atoms with van der Waals surface area (Å²) in [5, 5.41) is 1.49. The Morgan fingerprint density at radius 3 is 1.57 bits per heavy atom. The summed E-state index contributed by atoms with van der Waals surface area (Å²) in [6.07, 6.45) is 4.01. The van der Waals surface area contributed by atoms with E-state index in [0.29, 0.717) is 0 Å². The molecule has 0 N–H and O–H groups in total. The van der Waals surface area contributed by atoms with Crippen LogP contribution in [0.3, 0.4) is 0 Å². The van der Waals surface area contributed by atoms with Crippen LogP contribution in [0.5, 0.6) is 11.5 Å². The minimum Gasteiger partial charge on any atom is -0.457 e. The molecule has 112 valence electrons. The number of hydrogen-bond acceptors (Lipinski definition) is 1. The summed E-state index contributed by atoms with van der Waals surface area (Å²) < 4.78 is 6.14. The van der Waals surface area contributed by atoms with Crippen molar-refractivity contribution in [3.63, 3.8) is 0 Å². The lowest BCUT2D eigenvalue weighted by Gasteiger charge is -2.14. The Morgan fingerprint density at radius 2 is 1.19 bits per heavy atom. The largest absolute Gasteiger partial charge is 0.457 e. The first-order valence-electron chi connectivity index (χ1n) is 7.38. The van der Waals surface area contributed by atoms with Crippen LogP contribution in [0.15, 0.2) is 36.4 Å². The predicted molar refractivity (Wildman–Crippen MR) is 91.0 cm³/mol. The zero-order chi connectivity index (χ0) is 15.2. The van der Waals surface area contributed by atoms with Gasteiger partial charge in [0.15, 0.2) is 0 Å². The minimum absolute atomic E-state index is 0.746. The number of aryl methyl sites for hydroxylation is 2. The first-order valence-corrected chi connectivity index (χ1v) is 8.14. The third kappa shape index (κ3) is 4.39. The summed E-state index contributed by atoms with van der Waals surface area (Å²) in [7, 11) is 0. The van der Waals surface area contributed by atoms with Gasteiger partial charge in [0.2, 0.25) is 0 Å². The summed E-state index contributed by atoms with van der Waals surface area (Å²) in [4.78, 5) is 0. The molecular formula is C18H20Cl2O. The highest BCUT2D eigenvalue weighted by atomic mass is 35.5. The van der Waals surface area contributed by atoms with E-state index in [1.807, 2.05) is 36.4 Å². The lowest BCUT2D eigenvalue weighted by Crippen LogP contribution is -1.95. The molecule has 0 saturated carbocycles. The van der Waals surface area contributed by atoms with Crippen LogP contribution in [-0.4, -0.2) is 0 Å². The topological polar surface area (TPSA) is 9.23 Å². The van der Waals surface area contributed by atoms with Gasteiger partial charge in [-0.15, -0.1) is 0 Å². The lowest BCUT2D eigenvalue weighted by molar-refractivity contribution is 0.469. The minimum atomic E-state index is 0.746. The SMILES string of the molecule is CCCc1cc(Cl)ccc1Oc1ccc(Cl)cc1CCC. The van der Waals surface area contributed by atoms with Gasteiger partial charge in [-0.25, -0.2) is 0 Å². The average Bonchev–Trinajstić information content (AvgIpc) is 2.45. The van der Waals surface area contributed by atoms with E-state index in [4.69, 9.17) is 27.9 Å². The zero-order valence-electron chi connectivity index (χ0n) is 12.5. The fraction of sp³-hybridized carbons (Fsp3) is 0.333. The van der Waals surface area contributed by atoms with Gasteiger partial charge in [-0.3, -0.25) is 0 Å². The molecule has 21 heavy (non-hydrogen) atoms. The predicted octanol–water partition coefficient (Wildman–Crippen LogP) is 6.69. The highest BCUT2D eigenvalue weighted by Gasteiger charge is 2.09. The molecule has 0 unspecified atom stereocenters. The van der Waals surface area contributed by atoms with Gasteiger partial charge in [-0.1, -0.05) is 49.9 Å². The van der Waals surface area contributed by atoms with E-state index >= 15 is 0 Å². The molecular weight excluding hydrogens is 303 g/mol. The molecule has 2 aromatic rings. The summed E-state index contributed by atoms with van der Waals surface area (Å²) in [5.41, 5.74) is 2.28. The van der Waals surface area contributed by atoms with Crippen molar-refractivity contribution in [2.24, 2.45) is 0 Å². The average molecular weight is 323 g/mol. The van der Waals surface area contributed by atoms with Crippen molar-refractivity contribution in [2.45, 2.75) is 39.5 Å². The van der Waals surface area contributed by atoms with Crippen molar-refractivity contribution in [2.75, 3.05) is 0 Å². The van der Waals surface area contributed by atoms with Crippen LogP contribution in [0.25, 0.3) is 0 Å². The number of halogens is 2. The van der Waals surface area contributed by atoms with Crippen LogP contribution < -0.4 is 4.74 Å². The van der Waals surface area contributed by atoms with E-state index in [0.717, 1.165) is 58.4 Å². The normalized spacial score (nSPS) is 10.7. The van der Waals surface area contributed by atoms with Crippen LogP contribution in [0.4, 0.5) is 0 Å². The van der Waals surface area contributed by atoms with Gasteiger partial charge in [0.05, 0.1) is 0 Å². The lowest BCUT2D eigenvalue weighted by atomic mass is 10.1. The Labute approximate surface area is 136 Å². The van der Waals surface area contributed by atoms with Gasteiger partial charge in [-0.05, 0) is 60.4 Å².